The smallest absolute Gasteiger partial charge is 0.408 e. The first-order chi connectivity index (χ1) is 12.7. The van der Waals surface area contributed by atoms with Gasteiger partial charge in [0, 0.05) is 18.7 Å². The Morgan fingerprint density at radius 2 is 1.88 bits per heavy atom. The molecule has 1 N–H and O–H groups in total. The van der Waals surface area contributed by atoms with E-state index in [-0.39, 0.29) is 19.2 Å². The van der Waals surface area contributed by atoms with Crippen LogP contribution in [0.5, 0.6) is 0 Å². The fourth-order valence-corrected chi connectivity index (χ4v) is 2.90. The number of carbonyl (C=O) groups is 2. The third-order valence-corrected chi connectivity index (χ3v) is 4.20. The first-order valence-electron chi connectivity index (χ1n) is 8.63. The SMILES string of the molecule is CCOCN1C(=O)[C@@H](NC(=O)OCc2ccccc2)Cc2ccccc21. The monoisotopic (exact) mass is 354 g/mol. The minimum atomic E-state index is -0.673. The van der Waals surface area contributed by atoms with Crippen molar-refractivity contribution in [2.75, 3.05) is 18.2 Å². The van der Waals surface area contributed by atoms with Gasteiger partial charge in [0.05, 0.1) is 0 Å². The highest BCUT2D eigenvalue weighted by Crippen LogP contribution is 2.27. The van der Waals surface area contributed by atoms with Gasteiger partial charge in [0.1, 0.15) is 19.4 Å². The van der Waals surface area contributed by atoms with E-state index in [0.717, 1.165) is 16.8 Å². The van der Waals surface area contributed by atoms with Crippen molar-refractivity contribution in [1.82, 2.24) is 5.32 Å². The molecule has 0 radical (unpaired) electrons. The quantitative estimate of drug-likeness (QED) is 0.866. The summed E-state index contributed by atoms with van der Waals surface area (Å²) in [5.41, 5.74) is 2.70. The van der Waals surface area contributed by atoms with E-state index in [2.05, 4.69) is 5.32 Å². The van der Waals surface area contributed by atoms with Crippen molar-refractivity contribution >= 4 is 17.7 Å². The van der Waals surface area contributed by atoms with Gasteiger partial charge in [0.25, 0.3) is 5.91 Å². The summed E-state index contributed by atoms with van der Waals surface area (Å²) in [6.45, 7) is 2.69. The van der Waals surface area contributed by atoms with Crippen LogP contribution in [0.15, 0.2) is 54.6 Å². The van der Waals surface area contributed by atoms with Crippen LogP contribution >= 0.6 is 0 Å². The lowest BCUT2D eigenvalue weighted by molar-refractivity contribution is -0.122. The normalized spacial score (nSPS) is 16.1. The molecule has 0 saturated carbocycles. The van der Waals surface area contributed by atoms with Gasteiger partial charge in [-0.1, -0.05) is 48.5 Å². The molecular weight excluding hydrogens is 332 g/mol. The molecule has 2 amide bonds. The zero-order valence-corrected chi connectivity index (χ0v) is 14.7. The van der Waals surface area contributed by atoms with Crippen molar-refractivity contribution in [1.29, 1.82) is 0 Å². The summed E-state index contributed by atoms with van der Waals surface area (Å²) < 4.78 is 10.7. The summed E-state index contributed by atoms with van der Waals surface area (Å²) in [5.74, 6) is -0.200. The van der Waals surface area contributed by atoms with E-state index in [4.69, 9.17) is 9.47 Å². The predicted molar refractivity (Wildman–Crippen MR) is 97.7 cm³/mol. The summed E-state index contributed by atoms with van der Waals surface area (Å²) in [7, 11) is 0. The number of hydrogen-bond acceptors (Lipinski definition) is 4. The maximum Gasteiger partial charge on any atom is 0.408 e. The number of benzene rings is 2. The minimum absolute atomic E-state index is 0.156. The fourth-order valence-electron chi connectivity index (χ4n) is 2.90. The van der Waals surface area contributed by atoms with Gasteiger partial charge >= 0.3 is 6.09 Å². The van der Waals surface area contributed by atoms with Gasteiger partial charge in [-0.2, -0.15) is 0 Å². The van der Waals surface area contributed by atoms with Crippen LogP contribution in [-0.2, 0) is 27.3 Å². The van der Waals surface area contributed by atoms with Gasteiger partial charge in [0.15, 0.2) is 0 Å². The zero-order valence-electron chi connectivity index (χ0n) is 14.7. The average molecular weight is 354 g/mol. The van der Waals surface area contributed by atoms with E-state index in [1.165, 1.54) is 0 Å². The van der Waals surface area contributed by atoms with Gasteiger partial charge in [0.2, 0.25) is 0 Å². The number of ether oxygens (including phenoxy) is 2. The summed E-state index contributed by atoms with van der Waals surface area (Å²) in [4.78, 5) is 26.5. The summed E-state index contributed by atoms with van der Waals surface area (Å²) in [5, 5.41) is 2.68. The number of para-hydroxylation sites is 1. The van der Waals surface area contributed by atoms with E-state index >= 15 is 0 Å². The lowest BCUT2D eigenvalue weighted by Gasteiger charge is -2.33. The second-order valence-electron chi connectivity index (χ2n) is 5.98. The Hall–Kier alpha value is -2.86. The molecule has 0 spiro atoms. The highest BCUT2D eigenvalue weighted by Gasteiger charge is 2.34. The Balaban J connectivity index is 1.66. The van der Waals surface area contributed by atoms with Gasteiger partial charge in [-0.3, -0.25) is 9.69 Å². The molecule has 1 aliphatic heterocycles. The van der Waals surface area contributed by atoms with E-state index < -0.39 is 12.1 Å². The number of fused-ring (bicyclic) bond motifs is 1. The number of alkyl carbamates (subject to hydrolysis) is 1. The number of hydrogen-bond donors (Lipinski definition) is 1. The Morgan fingerprint density at radius 3 is 2.65 bits per heavy atom. The first kappa shape index (κ1) is 17.9. The van der Waals surface area contributed by atoms with E-state index in [0.29, 0.717) is 13.0 Å². The topological polar surface area (TPSA) is 67.9 Å². The first-order valence-corrected chi connectivity index (χ1v) is 8.63. The molecule has 0 fully saturated rings. The predicted octanol–water partition coefficient (Wildman–Crippen LogP) is 2.86. The number of anilines is 1. The molecule has 0 aliphatic carbocycles. The van der Waals surface area contributed by atoms with Crippen LogP contribution in [0.2, 0.25) is 0 Å². The van der Waals surface area contributed by atoms with Crippen LogP contribution in [-0.4, -0.2) is 31.4 Å². The lowest BCUT2D eigenvalue weighted by atomic mass is 9.97. The van der Waals surface area contributed by atoms with Crippen LogP contribution in [0.3, 0.4) is 0 Å². The van der Waals surface area contributed by atoms with Crippen molar-refractivity contribution < 1.29 is 19.1 Å². The lowest BCUT2D eigenvalue weighted by Crippen LogP contribution is -2.53. The van der Waals surface area contributed by atoms with Crippen molar-refractivity contribution in [3.63, 3.8) is 0 Å². The molecule has 1 aliphatic rings. The van der Waals surface area contributed by atoms with Crippen LogP contribution < -0.4 is 10.2 Å². The zero-order chi connectivity index (χ0) is 18.4. The molecule has 0 aromatic heterocycles. The van der Waals surface area contributed by atoms with Crippen LogP contribution in [0.1, 0.15) is 18.1 Å². The molecule has 2 aromatic carbocycles. The van der Waals surface area contributed by atoms with E-state index in [1.807, 2.05) is 61.5 Å². The molecular formula is C20H22N2O4. The van der Waals surface area contributed by atoms with Gasteiger partial charge in [-0.15, -0.1) is 0 Å². The summed E-state index contributed by atoms with van der Waals surface area (Å²) in [6, 6.07) is 16.4. The molecule has 2 aromatic rings. The standard InChI is InChI=1S/C20H22N2O4/c1-2-25-14-22-18-11-7-6-10-16(18)12-17(19(22)23)21-20(24)26-13-15-8-4-3-5-9-15/h3-11,17H,2,12-14H2,1H3,(H,21,24)/t17-/m0/s1. The molecule has 136 valence electrons. The van der Waals surface area contributed by atoms with Crippen LogP contribution in [0, 0.1) is 0 Å². The van der Waals surface area contributed by atoms with Gasteiger partial charge in [-0.05, 0) is 24.1 Å². The second-order valence-corrected chi connectivity index (χ2v) is 5.98. The number of nitrogens with zero attached hydrogens (tertiary/aromatic N) is 1. The second kappa shape index (κ2) is 8.49. The third kappa shape index (κ3) is 4.21. The maximum atomic E-state index is 12.8. The molecule has 1 atom stereocenters. The molecule has 6 nitrogen and oxygen atoms in total. The van der Waals surface area contributed by atoms with Crippen LogP contribution in [0.4, 0.5) is 10.5 Å². The average Bonchev–Trinajstić information content (AvgIpc) is 2.67. The molecule has 0 saturated heterocycles. The van der Waals surface area contributed by atoms with E-state index in [1.54, 1.807) is 4.90 Å². The Labute approximate surface area is 152 Å². The Kier molecular flexibility index (Phi) is 5.86. The van der Waals surface area contributed by atoms with Gasteiger partial charge < -0.3 is 14.8 Å². The highest BCUT2D eigenvalue weighted by atomic mass is 16.5. The molecule has 1 heterocycles. The van der Waals surface area contributed by atoms with E-state index in [9.17, 15) is 9.59 Å². The highest BCUT2D eigenvalue weighted by molar-refractivity contribution is 6.01. The molecule has 0 unspecified atom stereocenters. The maximum absolute atomic E-state index is 12.8. The van der Waals surface area contributed by atoms with Crippen LogP contribution in [0.25, 0.3) is 0 Å². The summed E-state index contributed by atoms with van der Waals surface area (Å²) >= 11 is 0. The third-order valence-electron chi connectivity index (χ3n) is 4.20. The Bertz CT molecular complexity index is 763. The van der Waals surface area contributed by atoms with Crippen molar-refractivity contribution in [3.8, 4) is 0 Å². The van der Waals surface area contributed by atoms with Crippen molar-refractivity contribution in [2.45, 2.75) is 26.0 Å². The minimum Gasteiger partial charge on any atom is -0.445 e. The van der Waals surface area contributed by atoms with Gasteiger partial charge in [-0.25, -0.2) is 4.79 Å². The molecule has 26 heavy (non-hydrogen) atoms. The number of amides is 2. The fraction of sp³-hybridized carbons (Fsp3) is 0.300. The largest absolute Gasteiger partial charge is 0.445 e. The Morgan fingerprint density at radius 1 is 1.15 bits per heavy atom. The number of nitrogens with one attached hydrogen (secondary N) is 1. The number of carbonyl (C=O) groups excluding carboxylic acids is 2. The molecule has 6 heteroatoms. The summed E-state index contributed by atoms with van der Waals surface area (Å²) in [6.07, 6.45) is -0.180. The van der Waals surface area contributed by atoms with Crippen molar-refractivity contribution in [3.05, 3.63) is 65.7 Å². The molecule has 0 bridgehead atoms. The van der Waals surface area contributed by atoms with Crippen molar-refractivity contribution in [2.24, 2.45) is 0 Å². The number of rotatable bonds is 6. The molecule has 3 rings (SSSR count).